The van der Waals surface area contributed by atoms with Crippen molar-refractivity contribution in [3.63, 3.8) is 0 Å². The highest BCUT2D eigenvalue weighted by Crippen LogP contribution is 2.31. The van der Waals surface area contributed by atoms with Crippen LogP contribution in [0.25, 0.3) is 0 Å². The van der Waals surface area contributed by atoms with Crippen molar-refractivity contribution in [3.8, 4) is 0 Å². The van der Waals surface area contributed by atoms with Gasteiger partial charge in [0.2, 0.25) is 0 Å². The predicted octanol–water partition coefficient (Wildman–Crippen LogP) is 2.52. The summed E-state index contributed by atoms with van der Waals surface area (Å²) in [4.78, 5) is 10.9. The Morgan fingerprint density at radius 1 is 1.39 bits per heavy atom. The summed E-state index contributed by atoms with van der Waals surface area (Å²) < 4.78 is 0. The summed E-state index contributed by atoms with van der Waals surface area (Å²) in [6, 6.07) is 8.07. The van der Waals surface area contributed by atoms with Crippen molar-refractivity contribution < 1.29 is 9.90 Å². The minimum atomic E-state index is -0.770. The van der Waals surface area contributed by atoms with E-state index in [0.29, 0.717) is 0 Å². The van der Waals surface area contributed by atoms with E-state index in [1.54, 1.807) is 6.92 Å². The topological polar surface area (TPSA) is 49.3 Å². The molecule has 1 aliphatic rings. The van der Waals surface area contributed by atoms with Crippen molar-refractivity contribution in [2.75, 3.05) is 13.1 Å². The Kier molecular flexibility index (Phi) is 3.71. The second kappa shape index (κ2) is 5.11. The van der Waals surface area contributed by atoms with Gasteiger partial charge in [-0.3, -0.25) is 4.79 Å². The molecule has 2 atom stereocenters. The van der Waals surface area contributed by atoms with E-state index in [-0.39, 0.29) is 5.41 Å². The third-order valence-electron chi connectivity index (χ3n) is 4.08. The first-order valence-corrected chi connectivity index (χ1v) is 6.57. The molecule has 1 heterocycles. The normalized spacial score (nSPS) is 25.7. The summed E-state index contributed by atoms with van der Waals surface area (Å²) >= 11 is 0. The first-order valence-electron chi connectivity index (χ1n) is 6.57. The number of aliphatic carboxylic acids is 1. The molecule has 3 heteroatoms. The van der Waals surface area contributed by atoms with Crippen LogP contribution >= 0.6 is 0 Å². The number of benzene rings is 1. The van der Waals surface area contributed by atoms with Crippen molar-refractivity contribution in [1.82, 2.24) is 5.32 Å². The van der Waals surface area contributed by atoms with Crippen LogP contribution in [0.2, 0.25) is 0 Å². The number of rotatable bonds is 3. The lowest BCUT2D eigenvalue weighted by Crippen LogP contribution is -2.41. The number of carbonyl (C=O) groups is 1. The van der Waals surface area contributed by atoms with Crippen LogP contribution in [-0.2, 0) is 10.2 Å². The zero-order chi connectivity index (χ0) is 13.2. The standard InChI is InChI=1S/C15H21NO2/c1-11(14(17)18)12-4-6-13(7-5-12)15(2)8-3-9-16-10-15/h4-7,11,16H,3,8-10H2,1-2H3,(H,17,18). The van der Waals surface area contributed by atoms with Crippen LogP contribution in [0.4, 0.5) is 0 Å². The summed E-state index contributed by atoms with van der Waals surface area (Å²) in [6.07, 6.45) is 2.39. The Bertz CT molecular complexity index is 419. The lowest BCUT2D eigenvalue weighted by molar-refractivity contribution is -0.138. The summed E-state index contributed by atoms with van der Waals surface area (Å²) in [6.45, 7) is 6.10. The molecule has 1 aromatic rings. The lowest BCUT2D eigenvalue weighted by atomic mass is 9.76. The van der Waals surface area contributed by atoms with Gasteiger partial charge >= 0.3 is 5.97 Å². The molecule has 0 saturated carbocycles. The Labute approximate surface area is 108 Å². The van der Waals surface area contributed by atoms with E-state index in [1.165, 1.54) is 18.4 Å². The van der Waals surface area contributed by atoms with Crippen molar-refractivity contribution >= 4 is 5.97 Å². The number of carboxylic acid groups (broad SMARTS) is 1. The average Bonchev–Trinajstić information content (AvgIpc) is 2.39. The molecule has 98 valence electrons. The van der Waals surface area contributed by atoms with Gasteiger partial charge in [-0.2, -0.15) is 0 Å². The second-order valence-corrected chi connectivity index (χ2v) is 5.52. The maximum atomic E-state index is 10.9. The van der Waals surface area contributed by atoms with Crippen LogP contribution in [0.3, 0.4) is 0 Å². The molecule has 1 aromatic carbocycles. The van der Waals surface area contributed by atoms with Crippen LogP contribution in [0, 0.1) is 0 Å². The number of hydrogen-bond acceptors (Lipinski definition) is 2. The first kappa shape index (κ1) is 13.1. The molecule has 2 unspecified atom stereocenters. The molecule has 0 bridgehead atoms. The molecule has 1 aliphatic heterocycles. The summed E-state index contributed by atoms with van der Waals surface area (Å²) in [5.74, 6) is -1.20. The van der Waals surface area contributed by atoms with E-state index < -0.39 is 11.9 Å². The van der Waals surface area contributed by atoms with Gasteiger partial charge in [-0.05, 0) is 37.4 Å². The molecular formula is C15H21NO2. The van der Waals surface area contributed by atoms with E-state index >= 15 is 0 Å². The van der Waals surface area contributed by atoms with Gasteiger partial charge in [0.05, 0.1) is 5.92 Å². The Morgan fingerprint density at radius 2 is 2.06 bits per heavy atom. The third kappa shape index (κ3) is 2.56. The van der Waals surface area contributed by atoms with Crippen molar-refractivity contribution in [1.29, 1.82) is 0 Å². The quantitative estimate of drug-likeness (QED) is 0.863. The van der Waals surface area contributed by atoms with Crippen LogP contribution in [-0.4, -0.2) is 24.2 Å². The average molecular weight is 247 g/mol. The molecular weight excluding hydrogens is 226 g/mol. The van der Waals surface area contributed by atoms with E-state index in [0.717, 1.165) is 18.7 Å². The lowest BCUT2D eigenvalue weighted by Gasteiger charge is -2.34. The largest absolute Gasteiger partial charge is 0.481 e. The van der Waals surface area contributed by atoms with Gasteiger partial charge in [0, 0.05) is 12.0 Å². The molecule has 0 radical (unpaired) electrons. The number of piperidine rings is 1. The van der Waals surface area contributed by atoms with Gasteiger partial charge in [-0.1, -0.05) is 31.2 Å². The first-order chi connectivity index (χ1) is 8.53. The van der Waals surface area contributed by atoms with Gasteiger partial charge in [0.15, 0.2) is 0 Å². The van der Waals surface area contributed by atoms with Gasteiger partial charge < -0.3 is 10.4 Å². The molecule has 3 nitrogen and oxygen atoms in total. The Hall–Kier alpha value is -1.35. The third-order valence-corrected chi connectivity index (χ3v) is 4.08. The van der Waals surface area contributed by atoms with Crippen molar-refractivity contribution in [3.05, 3.63) is 35.4 Å². The van der Waals surface area contributed by atoms with Gasteiger partial charge in [-0.15, -0.1) is 0 Å². The number of hydrogen-bond donors (Lipinski definition) is 2. The van der Waals surface area contributed by atoms with Gasteiger partial charge in [0.25, 0.3) is 0 Å². The molecule has 2 rings (SSSR count). The maximum Gasteiger partial charge on any atom is 0.310 e. The molecule has 1 saturated heterocycles. The van der Waals surface area contributed by atoms with E-state index in [2.05, 4.69) is 24.4 Å². The zero-order valence-electron chi connectivity index (χ0n) is 11.1. The van der Waals surface area contributed by atoms with Crippen molar-refractivity contribution in [2.45, 2.75) is 38.0 Å². The predicted molar refractivity (Wildman–Crippen MR) is 71.9 cm³/mol. The summed E-state index contributed by atoms with van der Waals surface area (Å²) in [5.41, 5.74) is 2.36. The van der Waals surface area contributed by atoms with Crippen LogP contribution < -0.4 is 5.32 Å². The molecule has 18 heavy (non-hydrogen) atoms. The highest BCUT2D eigenvalue weighted by Gasteiger charge is 2.28. The van der Waals surface area contributed by atoms with Crippen LogP contribution in [0.15, 0.2) is 24.3 Å². The molecule has 2 N–H and O–H groups in total. The second-order valence-electron chi connectivity index (χ2n) is 5.52. The van der Waals surface area contributed by atoms with Crippen molar-refractivity contribution in [2.24, 2.45) is 0 Å². The minimum Gasteiger partial charge on any atom is -0.481 e. The SMILES string of the molecule is CC(C(=O)O)c1ccc(C2(C)CCCNC2)cc1. The van der Waals surface area contributed by atoms with E-state index in [1.807, 2.05) is 12.1 Å². The minimum absolute atomic E-state index is 0.184. The Balaban J connectivity index is 2.19. The fraction of sp³-hybridized carbons (Fsp3) is 0.533. The fourth-order valence-electron chi connectivity index (χ4n) is 2.62. The number of carboxylic acids is 1. The molecule has 0 aliphatic carbocycles. The van der Waals surface area contributed by atoms with Gasteiger partial charge in [-0.25, -0.2) is 0 Å². The fourth-order valence-corrected chi connectivity index (χ4v) is 2.62. The monoisotopic (exact) mass is 247 g/mol. The molecule has 0 aromatic heterocycles. The zero-order valence-corrected chi connectivity index (χ0v) is 11.1. The number of nitrogens with one attached hydrogen (secondary N) is 1. The molecule has 0 spiro atoms. The van der Waals surface area contributed by atoms with Crippen LogP contribution in [0.5, 0.6) is 0 Å². The molecule has 0 amide bonds. The molecule has 1 fully saturated rings. The smallest absolute Gasteiger partial charge is 0.310 e. The van der Waals surface area contributed by atoms with Crippen LogP contribution in [0.1, 0.15) is 43.7 Å². The Morgan fingerprint density at radius 3 is 2.56 bits per heavy atom. The summed E-state index contributed by atoms with van der Waals surface area (Å²) in [7, 11) is 0. The highest BCUT2D eigenvalue weighted by atomic mass is 16.4. The van der Waals surface area contributed by atoms with E-state index in [9.17, 15) is 4.79 Å². The summed E-state index contributed by atoms with van der Waals surface area (Å²) in [5, 5.41) is 12.4. The van der Waals surface area contributed by atoms with Gasteiger partial charge in [0.1, 0.15) is 0 Å². The highest BCUT2D eigenvalue weighted by molar-refractivity contribution is 5.75. The maximum absolute atomic E-state index is 10.9. The van der Waals surface area contributed by atoms with E-state index in [4.69, 9.17) is 5.11 Å².